The Kier molecular flexibility index (Phi) is 3.30. The minimum Gasteiger partial charge on any atom is -0.507 e. The molecule has 1 unspecified atom stereocenters. The Labute approximate surface area is 145 Å². The predicted molar refractivity (Wildman–Crippen MR) is 98.8 cm³/mol. The number of phenolic OH excluding ortho intramolecular Hbond substituents is 1. The zero-order valence-corrected chi connectivity index (χ0v) is 14.4. The molecule has 1 aliphatic carbocycles. The van der Waals surface area contributed by atoms with Crippen LogP contribution < -0.4 is 5.73 Å². The van der Waals surface area contributed by atoms with Crippen LogP contribution >= 0.6 is 0 Å². The monoisotopic (exact) mass is 333 g/mol. The van der Waals surface area contributed by atoms with Gasteiger partial charge < -0.3 is 15.7 Å². The van der Waals surface area contributed by atoms with E-state index in [1.165, 1.54) is 0 Å². The number of carbonyl (C=O) groups is 1. The Bertz CT molecular complexity index is 1040. The second kappa shape index (κ2) is 5.29. The summed E-state index contributed by atoms with van der Waals surface area (Å²) in [7, 11) is 3.86. The molecular weight excluding hydrogens is 314 g/mol. The van der Waals surface area contributed by atoms with Crippen LogP contribution in [0.5, 0.6) is 5.75 Å². The first-order valence-corrected chi connectivity index (χ1v) is 8.16. The van der Waals surface area contributed by atoms with Gasteiger partial charge in [0.2, 0.25) is 0 Å². The average Bonchev–Trinajstić information content (AvgIpc) is 2.87. The highest BCUT2D eigenvalue weighted by molar-refractivity contribution is 6.26. The number of nitrogen functional groups attached to an aromatic ring is 1. The van der Waals surface area contributed by atoms with Gasteiger partial charge in [0.25, 0.3) is 0 Å². The second-order valence-electron chi connectivity index (χ2n) is 6.68. The van der Waals surface area contributed by atoms with Crippen molar-refractivity contribution in [3.63, 3.8) is 0 Å². The van der Waals surface area contributed by atoms with Crippen LogP contribution in [0.1, 0.15) is 34.5 Å². The number of aromatic nitrogens is 1. The van der Waals surface area contributed by atoms with Crippen molar-refractivity contribution in [2.45, 2.75) is 13.0 Å². The highest BCUT2D eigenvalue weighted by Crippen LogP contribution is 2.46. The van der Waals surface area contributed by atoms with Crippen molar-refractivity contribution in [3.8, 4) is 16.9 Å². The first kappa shape index (κ1) is 15.6. The molecule has 2 aromatic carbocycles. The number of hydrogen-bond donors (Lipinski definition) is 2. The standard InChI is InChI=1S/C20H19N3O2/c1-10(23(2)3)16-15(24)8-14-18(19(16)21)17-11-6-4-5-7-12(11)20(25)13(17)9-22-14/h4-10,24H,21H2,1-3H3. The number of pyridine rings is 1. The fraction of sp³-hybridized carbons (Fsp3) is 0.200. The van der Waals surface area contributed by atoms with Crippen molar-refractivity contribution in [2.75, 3.05) is 19.8 Å². The van der Waals surface area contributed by atoms with Crippen molar-refractivity contribution in [1.29, 1.82) is 0 Å². The number of rotatable bonds is 2. The first-order chi connectivity index (χ1) is 11.9. The number of benzene rings is 2. The highest BCUT2D eigenvalue weighted by Gasteiger charge is 2.31. The highest BCUT2D eigenvalue weighted by atomic mass is 16.3. The van der Waals surface area contributed by atoms with Crippen LogP contribution in [0.3, 0.4) is 0 Å². The van der Waals surface area contributed by atoms with Crippen LogP contribution in [-0.2, 0) is 0 Å². The topological polar surface area (TPSA) is 79.5 Å². The molecular formula is C20H19N3O2. The van der Waals surface area contributed by atoms with Gasteiger partial charge in [-0.15, -0.1) is 0 Å². The van der Waals surface area contributed by atoms with Gasteiger partial charge in [-0.2, -0.15) is 0 Å². The molecule has 5 nitrogen and oxygen atoms in total. The lowest BCUT2D eigenvalue weighted by atomic mass is 9.94. The van der Waals surface area contributed by atoms with Crippen LogP contribution in [0.2, 0.25) is 0 Å². The van der Waals surface area contributed by atoms with Gasteiger partial charge in [-0.25, -0.2) is 0 Å². The van der Waals surface area contributed by atoms with Crippen molar-refractivity contribution in [2.24, 2.45) is 0 Å². The summed E-state index contributed by atoms with van der Waals surface area (Å²) < 4.78 is 0. The van der Waals surface area contributed by atoms with Gasteiger partial charge in [0.1, 0.15) is 5.75 Å². The van der Waals surface area contributed by atoms with Gasteiger partial charge in [-0.05, 0) is 26.6 Å². The van der Waals surface area contributed by atoms with E-state index in [1.807, 2.05) is 50.2 Å². The van der Waals surface area contributed by atoms with E-state index in [0.29, 0.717) is 27.9 Å². The molecule has 0 fully saturated rings. The van der Waals surface area contributed by atoms with Gasteiger partial charge >= 0.3 is 0 Å². The van der Waals surface area contributed by atoms with Gasteiger partial charge in [0.15, 0.2) is 5.78 Å². The smallest absolute Gasteiger partial charge is 0.195 e. The molecule has 0 saturated heterocycles. The maximum atomic E-state index is 12.7. The van der Waals surface area contributed by atoms with E-state index in [-0.39, 0.29) is 17.6 Å². The zero-order valence-electron chi connectivity index (χ0n) is 14.4. The number of carbonyl (C=O) groups excluding carboxylic acids is 1. The van der Waals surface area contributed by atoms with Gasteiger partial charge in [-0.3, -0.25) is 9.78 Å². The number of hydrogen-bond acceptors (Lipinski definition) is 5. The first-order valence-electron chi connectivity index (χ1n) is 8.16. The molecule has 1 aliphatic rings. The van der Waals surface area contributed by atoms with E-state index in [4.69, 9.17) is 5.73 Å². The minimum atomic E-state index is -0.0763. The molecule has 0 amide bonds. The molecule has 0 bridgehead atoms. The molecule has 126 valence electrons. The van der Waals surface area contributed by atoms with Crippen LogP contribution in [0.25, 0.3) is 22.0 Å². The average molecular weight is 333 g/mol. The molecule has 1 heterocycles. The zero-order chi connectivity index (χ0) is 17.9. The van der Waals surface area contributed by atoms with E-state index >= 15 is 0 Å². The van der Waals surface area contributed by atoms with Crippen molar-refractivity contribution in [3.05, 3.63) is 53.2 Å². The fourth-order valence-electron chi connectivity index (χ4n) is 3.58. The number of nitrogens with zero attached hydrogens (tertiary/aromatic N) is 2. The molecule has 0 saturated carbocycles. The summed E-state index contributed by atoms with van der Waals surface area (Å²) in [5.41, 5.74) is 11.1. The normalized spacial score (nSPS) is 14.0. The third-order valence-corrected chi connectivity index (χ3v) is 5.10. The molecule has 0 spiro atoms. The molecule has 0 radical (unpaired) electrons. The third kappa shape index (κ3) is 2.06. The maximum Gasteiger partial charge on any atom is 0.195 e. The van der Waals surface area contributed by atoms with Crippen molar-refractivity contribution in [1.82, 2.24) is 9.88 Å². The lowest BCUT2D eigenvalue weighted by Gasteiger charge is -2.24. The summed E-state index contributed by atoms with van der Waals surface area (Å²) in [5, 5.41) is 11.2. The van der Waals surface area contributed by atoms with E-state index in [2.05, 4.69) is 4.98 Å². The van der Waals surface area contributed by atoms with E-state index < -0.39 is 0 Å². The van der Waals surface area contributed by atoms with Crippen molar-refractivity contribution < 1.29 is 9.90 Å². The summed E-state index contributed by atoms with van der Waals surface area (Å²) >= 11 is 0. The summed E-state index contributed by atoms with van der Waals surface area (Å²) in [6.45, 7) is 1.98. The second-order valence-corrected chi connectivity index (χ2v) is 6.68. The van der Waals surface area contributed by atoms with Crippen LogP contribution in [-0.4, -0.2) is 34.9 Å². The molecule has 1 aromatic heterocycles. The number of anilines is 1. The number of aromatic hydroxyl groups is 1. The van der Waals surface area contributed by atoms with Crippen molar-refractivity contribution >= 4 is 22.4 Å². The van der Waals surface area contributed by atoms with Crippen LogP contribution in [0.15, 0.2) is 36.5 Å². The summed E-state index contributed by atoms with van der Waals surface area (Å²) in [4.78, 5) is 19.1. The largest absolute Gasteiger partial charge is 0.507 e. The Hall–Kier alpha value is -2.92. The maximum absolute atomic E-state index is 12.7. The lowest BCUT2D eigenvalue weighted by molar-refractivity contribution is 0.104. The number of nitrogens with two attached hydrogens (primary N) is 1. The van der Waals surface area contributed by atoms with Gasteiger partial charge in [-0.1, -0.05) is 24.3 Å². The lowest BCUT2D eigenvalue weighted by Crippen LogP contribution is -2.18. The van der Waals surface area contributed by atoms with Gasteiger partial charge in [0.05, 0.1) is 11.2 Å². The van der Waals surface area contributed by atoms with Crippen LogP contribution in [0, 0.1) is 0 Å². The van der Waals surface area contributed by atoms with Crippen LogP contribution in [0.4, 0.5) is 5.69 Å². The molecule has 4 rings (SSSR count). The van der Waals surface area contributed by atoms with E-state index in [1.54, 1.807) is 12.3 Å². The molecule has 3 N–H and O–H groups in total. The Morgan fingerprint density at radius 2 is 1.84 bits per heavy atom. The molecule has 1 atom stereocenters. The SMILES string of the molecule is CC(c1c(O)cc2ncc3c(c2c1N)-c1ccccc1C3=O)N(C)C. The fourth-order valence-corrected chi connectivity index (χ4v) is 3.58. The van der Waals surface area contributed by atoms with E-state index in [9.17, 15) is 9.90 Å². The quantitative estimate of drug-likeness (QED) is 0.550. The molecule has 5 heteroatoms. The number of fused-ring (bicyclic) bond motifs is 5. The minimum absolute atomic E-state index is 0.0327. The summed E-state index contributed by atoms with van der Waals surface area (Å²) in [5.74, 6) is 0.0888. The molecule has 0 aliphatic heterocycles. The van der Waals surface area contributed by atoms with Gasteiger partial charge in [0, 0.05) is 45.9 Å². The molecule has 3 aromatic rings. The summed E-state index contributed by atoms with van der Waals surface area (Å²) in [6.07, 6.45) is 1.58. The molecule has 25 heavy (non-hydrogen) atoms. The number of phenols is 1. The Morgan fingerprint density at radius 1 is 1.16 bits per heavy atom. The predicted octanol–water partition coefficient (Wildman–Crippen LogP) is 3.36. The Balaban J connectivity index is 2.14. The third-order valence-electron chi connectivity index (χ3n) is 5.10. The van der Waals surface area contributed by atoms with E-state index in [0.717, 1.165) is 16.5 Å². The summed E-state index contributed by atoms with van der Waals surface area (Å²) in [6, 6.07) is 9.07. The Morgan fingerprint density at radius 3 is 2.52 bits per heavy atom. The number of ketones is 1.